The van der Waals surface area contributed by atoms with Crippen LogP contribution in [0.15, 0.2) is 59.5 Å². The maximum Gasteiger partial charge on any atom is 0.324 e. The average Bonchev–Trinajstić information content (AvgIpc) is 3.27. The zero-order valence-corrected chi connectivity index (χ0v) is 24.5. The summed E-state index contributed by atoms with van der Waals surface area (Å²) in [6.07, 6.45) is 4.81. The van der Waals surface area contributed by atoms with E-state index in [1.54, 1.807) is 48.7 Å². The fraction of sp³-hybridized carbons (Fsp3) is 0.207. The molecule has 6 rings (SSSR count). The highest BCUT2D eigenvalue weighted by Gasteiger charge is 2.29. The van der Waals surface area contributed by atoms with Gasteiger partial charge in [0.2, 0.25) is 0 Å². The number of benzene rings is 2. The van der Waals surface area contributed by atoms with Crippen molar-refractivity contribution in [3.8, 4) is 11.4 Å². The minimum atomic E-state index is -0.466. The molecule has 10 nitrogen and oxygen atoms in total. The monoisotopic (exact) mass is 623 g/mol. The van der Waals surface area contributed by atoms with Crippen molar-refractivity contribution in [2.24, 2.45) is 0 Å². The van der Waals surface area contributed by atoms with Crippen molar-refractivity contribution >= 4 is 63.4 Å². The lowest BCUT2D eigenvalue weighted by Gasteiger charge is -2.23. The number of halogens is 3. The Bertz CT molecular complexity index is 1850. The molecule has 3 aromatic heterocycles. The molecule has 0 aliphatic heterocycles. The summed E-state index contributed by atoms with van der Waals surface area (Å²) in [5, 5.41) is 11.6. The summed E-state index contributed by atoms with van der Waals surface area (Å²) in [5.74, 6) is 1.42. The van der Waals surface area contributed by atoms with Crippen LogP contribution in [-0.2, 0) is 6.42 Å². The number of amides is 2. The maximum absolute atomic E-state index is 13.5. The number of fused-ring (bicyclic) bond motifs is 1. The van der Waals surface area contributed by atoms with E-state index in [4.69, 9.17) is 49.6 Å². The van der Waals surface area contributed by atoms with Crippen LogP contribution in [0.25, 0.3) is 16.7 Å². The standard InChI is InChI=1S/C29H24Cl3N7O3/c1-42-21-11-15(8-9-20(21)34-29(41)37-22-7-2-3-10-33-22)12-23-35-27-24(28(40)36-23)25(16-5-4-6-16)38-39(27)26-18(31)13-17(30)14-19(26)32/h2-3,7-11,13-14,16H,4-6,12H2,1H3,(H,35,36,40)(H2,33,34,37,41). The number of urea groups is 1. The molecule has 2 aromatic carbocycles. The van der Waals surface area contributed by atoms with Gasteiger partial charge in [-0.15, -0.1) is 0 Å². The third-order valence-electron chi connectivity index (χ3n) is 7.09. The van der Waals surface area contributed by atoms with Gasteiger partial charge in [-0.3, -0.25) is 10.1 Å². The lowest BCUT2D eigenvalue weighted by atomic mass is 9.82. The van der Waals surface area contributed by atoms with E-state index in [0.29, 0.717) is 60.6 Å². The van der Waals surface area contributed by atoms with Crippen LogP contribution in [0.4, 0.5) is 16.3 Å². The lowest BCUT2D eigenvalue weighted by molar-refractivity contribution is 0.262. The van der Waals surface area contributed by atoms with Gasteiger partial charge in [-0.05, 0) is 54.8 Å². The van der Waals surface area contributed by atoms with Gasteiger partial charge in [0, 0.05) is 23.6 Å². The first-order chi connectivity index (χ1) is 20.3. The summed E-state index contributed by atoms with van der Waals surface area (Å²) in [7, 11) is 1.51. The molecule has 3 N–H and O–H groups in total. The molecular weight excluding hydrogens is 601 g/mol. The van der Waals surface area contributed by atoms with E-state index in [0.717, 1.165) is 24.8 Å². The fourth-order valence-corrected chi connectivity index (χ4v) is 5.87. The molecule has 0 unspecified atom stereocenters. The fourth-order valence-electron chi connectivity index (χ4n) is 4.89. The Labute approximate surface area is 255 Å². The van der Waals surface area contributed by atoms with Crippen LogP contribution < -0.4 is 20.9 Å². The van der Waals surface area contributed by atoms with Crippen LogP contribution in [0.2, 0.25) is 15.1 Å². The minimum Gasteiger partial charge on any atom is -0.495 e. The molecule has 0 atom stereocenters. The number of carbonyl (C=O) groups excluding carboxylic acids is 1. The van der Waals surface area contributed by atoms with Gasteiger partial charge in [0.05, 0.1) is 28.5 Å². The number of H-pyrrole nitrogens is 1. The summed E-state index contributed by atoms with van der Waals surface area (Å²) in [5.41, 5.74) is 2.40. The third-order valence-corrected chi connectivity index (χ3v) is 7.89. The van der Waals surface area contributed by atoms with Gasteiger partial charge in [0.15, 0.2) is 5.65 Å². The van der Waals surface area contributed by atoms with Crippen molar-refractivity contribution in [1.82, 2.24) is 24.7 Å². The topological polar surface area (TPSA) is 127 Å². The highest BCUT2D eigenvalue weighted by atomic mass is 35.5. The summed E-state index contributed by atoms with van der Waals surface area (Å²) in [6.45, 7) is 0. The largest absolute Gasteiger partial charge is 0.495 e. The Morgan fingerprint density at radius 1 is 1.10 bits per heavy atom. The molecule has 0 spiro atoms. The number of aromatic amines is 1. The van der Waals surface area contributed by atoms with Gasteiger partial charge in [0.25, 0.3) is 5.56 Å². The molecule has 1 fully saturated rings. The third kappa shape index (κ3) is 5.53. The number of rotatable bonds is 7. The first-order valence-electron chi connectivity index (χ1n) is 13.1. The van der Waals surface area contributed by atoms with Gasteiger partial charge in [0.1, 0.15) is 28.5 Å². The van der Waals surface area contributed by atoms with E-state index in [-0.39, 0.29) is 17.9 Å². The number of hydrogen-bond acceptors (Lipinski definition) is 6. The number of methoxy groups -OCH3 is 1. The van der Waals surface area contributed by atoms with Crippen LogP contribution in [0.5, 0.6) is 5.75 Å². The maximum atomic E-state index is 13.5. The molecule has 2 amide bonds. The van der Waals surface area contributed by atoms with E-state index >= 15 is 0 Å². The zero-order chi connectivity index (χ0) is 29.4. The van der Waals surface area contributed by atoms with Crippen molar-refractivity contribution in [2.75, 3.05) is 17.7 Å². The average molecular weight is 625 g/mol. The number of ether oxygens (including phenoxy) is 1. The first-order valence-corrected chi connectivity index (χ1v) is 14.3. The van der Waals surface area contributed by atoms with E-state index < -0.39 is 6.03 Å². The second-order valence-corrected chi connectivity index (χ2v) is 11.1. The molecule has 0 bridgehead atoms. The van der Waals surface area contributed by atoms with E-state index in [9.17, 15) is 9.59 Å². The van der Waals surface area contributed by atoms with E-state index in [1.165, 1.54) is 11.8 Å². The molecule has 214 valence electrons. The molecule has 3 heterocycles. The van der Waals surface area contributed by atoms with Gasteiger partial charge >= 0.3 is 6.03 Å². The van der Waals surface area contributed by atoms with Crippen molar-refractivity contribution in [3.05, 3.63) is 97.2 Å². The zero-order valence-electron chi connectivity index (χ0n) is 22.2. The molecule has 1 aliphatic carbocycles. The number of nitrogens with one attached hydrogen (secondary N) is 3. The van der Waals surface area contributed by atoms with Crippen LogP contribution >= 0.6 is 34.8 Å². The number of anilines is 2. The quantitative estimate of drug-likeness (QED) is 0.179. The Balaban J connectivity index is 1.34. The highest BCUT2D eigenvalue weighted by Crippen LogP contribution is 2.40. The van der Waals surface area contributed by atoms with Gasteiger partial charge in [-0.1, -0.05) is 53.4 Å². The Morgan fingerprint density at radius 2 is 1.88 bits per heavy atom. The summed E-state index contributed by atoms with van der Waals surface area (Å²) in [4.78, 5) is 37.8. The van der Waals surface area contributed by atoms with Crippen molar-refractivity contribution in [2.45, 2.75) is 31.6 Å². The van der Waals surface area contributed by atoms with Gasteiger partial charge in [-0.2, -0.15) is 5.10 Å². The highest BCUT2D eigenvalue weighted by molar-refractivity contribution is 6.40. The molecule has 13 heteroatoms. The molecule has 42 heavy (non-hydrogen) atoms. The van der Waals surface area contributed by atoms with Crippen LogP contribution in [-0.4, -0.2) is 37.9 Å². The smallest absolute Gasteiger partial charge is 0.324 e. The van der Waals surface area contributed by atoms with Crippen LogP contribution in [0, 0.1) is 0 Å². The summed E-state index contributed by atoms with van der Waals surface area (Å²) >= 11 is 19.2. The number of pyridine rings is 1. The second-order valence-electron chi connectivity index (χ2n) is 9.86. The lowest BCUT2D eigenvalue weighted by Crippen LogP contribution is -2.20. The van der Waals surface area contributed by atoms with Crippen molar-refractivity contribution in [1.29, 1.82) is 0 Å². The molecular formula is C29H24Cl3N7O3. The Kier molecular flexibility index (Phi) is 7.76. The normalized spacial score (nSPS) is 13.1. The summed E-state index contributed by atoms with van der Waals surface area (Å²) < 4.78 is 7.06. The molecule has 1 saturated carbocycles. The van der Waals surface area contributed by atoms with Crippen molar-refractivity contribution < 1.29 is 9.53 Å². The predicted octanol–water partition coefficient (Wildman–Crippen LogP) is 6.97. The van der Waals surface area contributed by atoms with E-state index in [1.807, 2.05) is 6.07 Å². The van der Waals surface area contributed by atoms with Gasteiger partial charge < -0.3 is 15.0 Å². The molecule has 0 saturated heterocycles. The Hall–Kier alpha value is -4.12. The predicted molar refractivity (Wildman–Crippen MR) is 164 cm³/mol. The van der Waals surface area contributed by atoms with Crippen LogP contribution in [0.3, 0.4) is 0 Å². The van der Waals surface area contributed by atoms with Crippen LogP contribution in [0.1, 0.15) is 42.3 Å². The molecule has 0 radical (unpaired) electrons. The van der Waals surface area contributed by atoms with Gasteiger partial charge in [-0.25, -0.2) is 19.4 Å². The minimum absolute atomic E-state index is 0.159. The second kappa shape index (κ2) is 11.6. The summed E-state index contributed by atoms with van der Waals surface area (Å²) in [6, 6.07) is 13.2. The first kappa shape index (κ1) is 28.0. The van der Waals surface area contributed by atoms with Crippen molar-refractivity contribution in [3.63, 3.8) is 0 Å². The molecule has 1 aliphatic rings. The number of hydrogen-bond donors (Lipinski definition) is 3. The number of nitrogens with zero attached hydrogens (tertiary/aromatic N) is 4. The number of aromatic nitrogens is 5. The number of carbonyl (C=O) groups is 1. The Morgan fingerprint density at radius 3 is 2.55 bits per heavy atom. The molecule has 5 aromatic rings. The van der Waals surface area contributed by atoms with E-state index in [2.05, 4.69) is 20.6 Å². The SMILES string of the molecule is COc1cc(Cc2nc3c(c(C4CCC4)nn3-c3c(Cl)cc(Cl)cc3Cl)c(=O)[nH]2)ccc1NC(=O)Nc1ccccn1.